The van der Waals surface area contributed by atoms with E-state index in [2.05, 4.69) is 0 Å². The van der Waals surface area contributed by atoms with Gasteiger partial charge in [0.05, 0.1) is 18.2 Å². The Hall–Kier alpha value is -1.65. The summed E-state index contributed by atoms with van der Waals surface area (Å²) in [6.07, 6.45) is -0.502. The Kier molecular flexibility index (Phi) is 5.15. The third kappa shape index (κ3) is 3.93. The van der Waals surface area contributed by atoms with Gasteiger partial charge in [-0.25, -0.2) is 8.78 Å². The second-order valence-electron chi connectivity index (χ2n) is 4.74. The third-order valence-electron chi connectivity index (χ3n) is 3.17. The van der Waals surface area contributed by atoms with E-state index in [9.17, 15) is 13.9 Å². The smallest absolute Gasteiger partial charge is 0.165 e. The average Bonchev–Trinajstić information content (AvgIpc) is 2.44. The van der Waals surface area contributed by atoms with Crippen molar-refractivity contribution in [1.82, 2.24) is 0 Å². The van der Waals surface area contributed by atoms with Gasteiger partial charge in [-0.3, -0.25) is 0 Å². The van der Waals surface area contributed by atoms with Crippen LogP contribution in [-0.2, 0) is 12.8 Å². The lowest BCUT2D eigenvalue weighted by atomic mass is 10.0. The van der Waals surface area contributed by atoms with Crippen LogP contribution in [0, 0.1) is 11.6 Å². The molecule has 5 heteroatoms. The number of rotatable bonds is 5. The summed E-state index contributed by atoms with van der Waals surface area (Å²) in [5.41, 5.74) is 0.951. The van der Waals surface area contributed by atoms with Gasteiger partial charge in [0.15, 0.2) is 11.6 Å². The summed E-state index contributed by atoms with van der Waals surface area (Å²) in [6.45, 7) is 0. The Labute approximate surface area is 126 Å². The van der Waals surface area contributed by atoms with Gasteiger partial charge in [-0.15, -0.1) is 0 Å². The normalized spacial score (nSPS) is 12.2. The molecule has 0 aliphatic heterocycles. The van der Waals surface area contributed by atoms with Crippen LogP contribution in [0.2, 0.25) is 5.02 Å². The maximum atomic E-state index is 13.7. The van der Waals surface area contributed by atoms with Crippen molar-refractivity contribution in [2.24, 2.45) is 0 Å². The van der Waals surface area contributed by atoms with E-state index in [1.54, 1.807) is 18.2 Å². The van der Waals surface area contributed by atoms with Crippen LogP contribution in [0.15, 0.2) is 36.4 Å². The summed E-state index contributed by atoms with van der Waals surface area (Å²) >= 11 is 5.69. The van der Waals surface area contributed by atoms with Gasteiger partial charge in [-0.1, -0.05) is 29.8 Å². The van der Waals surface area contributed by atoms with Crippen molar-refractivity contribution < 1.29 is 18.6 Å². The number of hydrogen-bond donors (Lipinski definition) is 1. The minimum atomic E-state index is -0.828. The highest BCUT2D eigenvalue weighted by Gasteiger charge is 2.13. The molecule has 0 saturated heterocycles. The molecule has 0 bridgehead atoms. The summed E-state index contributed by atoms with van der Waals surface area (Å²) in [7, 11) is 1.38. The summed E-state index contributed by atoms with van der Waals surface area (Å²) in [6, 6.07) is 9.11. The van der Waals surface area contributed by atoms with Crippen LogP contribution in [0.25, 0.3) is 0 Å². The first kappa shape index (κ1) is 15.7. The van der Waals surface area contributed by atoms with Crippen LogP contribution in [-0.4, -0.2) is 18.3 Å². The zero-order chi connectivity index (χ0) is 15.4. The Morgan fingerprint density at radius 3 is 2.62 bits per heavy atom. The van der Waals surface area contributed by atoms with Crippen molar-refractivity contribution in [3.8, 4) is 5.75 Å². The van der Waals surface area contributed by atoms with Gasteiger partial charge in [0.1, 0.15) is 5.82 Å². The van der Waals surface area contributed by atoms with Crippen molar-refractivity contribution in [2.75, 3.05) is 7.11 Å². The fraction of sp³-hybridized carbons (Fsp3) is 0.250. The third-order valence-corrected chi connectivity index (χ3v) is 3.47. The number of aliphatic hydroxyl groups excluding tert-OH is 1. The van der Waals surface area contributed by atoms with Crippen molar-refractivity contribution in [2.45, 2.75) is 18.9 Å². The highest BCUT2D eigenvalue weighted by Crippen LogP contribution is 2.21. The maximum Gasteiger partial charge on any atom is 0.165 e. The first-order chi connectivity index (χ1) is 10.0. The fourth-order valence-corrected chi connectivity index (χ4v) is 2.34. The largest absolute Gasteiger partial charge is 0.494 e. The van der Waals surface area contributed by atoms with Gasteiger partial charge in [0.25, 0.3) is 0 Å². The number of methoxy groups -OCH3 is 1. The molecular weight excluding hydrogens is 298 g/mol. The molecule has 1 atom stereocenters. The van der Waals surface area contributed by atoms with E-state index in [-0.39, 0.29) is 23.6 Å². The summed E-state index contributed by atoms with van der Waals surface area (Å²) in [4.78, 5) is 0. The number of halogens is 3. The predicted molar refractivity (Wildman–Crippen MR) is 77.8 cm³/mol. The number of aliphatic hydroxyl groups is 1. The molecule has 0 saturated carbocycles. The SMILES string of the molecule is COc1ccc(CC(O)Cc2cccc(Cl)c2F)cc1F. The van der Waals surface area contributed by atoms with Crippen LogP contribution < -0.4 is 4.74 Å². The maximum absolute atomic E-state index is 13.7. The van der Waals surface area contributed by atoms with Crippen molar-refractivity contribution in [3.05, 3.63) is 64.2 Å². The summed E-state index contributed by atoms with van der Waals surface area (Å²) in [5.74, 6) is -0.871. The molecular formula is C16H15ClF2O2. The molecule has 0 aliphatic carbocycles. The van der Waals surface area contributed by atoms with Gasteiger partial charge >= 0.3 is 0 Å². The monoisotopic (exact) mass is 312 g/mol. The molecule has 112 valence electrons. The molecule has 1 unspecified atom stereocenters. The molecule has 1 N–H and O–H groups in total. The molecule has 0 aromatic heterocycles. The molecule has 0 amide bonds. The van der Waals surface area contributed by atoms with Crippen molar-refractivity contribution in [1.29, 1.82) is 0 Å². The first-order valence-corrected chi connectivity index (χ1v) is 6.82. The van der Waals surface area contributed by atoms with Gasteiger partial charge in [-0.2, -0.15) is 0 Å². The van der Waals surface area contributed by atoms with E-state index < -0.39 is 17.7 Å². The molecule has 2 nitrogen and oxygen atoms in total. The van der Waals surface area contributed by atoms with Gasteiger partial charge < -0.3 is 9.84 Å². The van der Waals surface area contributed by atoms with E-state index in [4.69, 9.17) is 16.3 Å². The number of ether oxygens (including phenoxy) is 1. The molecule has 2 aromatic carbocycles. The number of benzene rings is 2. The molecule has 2 aromatic rings. The minimum Gasteiger partial charge on any atom is -0.494 e. The first-order valence-electron chi connectivity index (χ1n) is 6.44. The van der Waals surface area contributed by atoms with Gasteiger partial charge in [0.2, 0.25) is 0 Å². The van der Waals surface area contributed by atoms with Gasteiger partial charge in [0, 0.05) is 6.42 Å². The zero-order valence-electron chi connectivity index (χ0n) is 11.4. The van der Waals surface area contributed by atoms with Crippen molar-refractivity contribution >= 4 is 11.6 Å². The molecule has 2 rings (SSSR count). The summed E-state index contributed by atoms with van der Waals surface area (Å²) < 4.78 is 32.1. The van der Waals surface area contributed by atoms with Crippen LogP contribution in [0.1, 0.15) is 11.1 Å². The lowest BCUT2D eigenvalue weighted by molar-refractivity contribution is 0.174. The van der Waals surface area contributed by atoms with Crippen LogP contribution in [0.5, 0.6) is 5.75 Å². The Morgan fingerprint density at radius 1 is 1.19 bits per heavy atom. The molecule has 0 radical (unpaired) electrons. The second kappa shape index (κ2) is 6.87. The van der Waals surface area contributed by atoms with Gasteiger partial charge in [-0.05, 0) is 35.7 Å². The fourth-order valence-electron chi connectivity index (χ4n) is 2.14. The predicted octanol–water partition coefficient (Wildman–Crippen LogP) is 3.77. The van der Waals surface area contributed by atoms with Crippen molar-refractivity contribution in [3.63, 3.8) is 0 Å². The number of hydrogen-bond acceptors (Lipinski definition) is 2. The van der Waals surface area contributed by atoms with Crippen LogP contribution >= 0.6 is 11.6 Å². The molecule has 0 aliphatic rings. The quantitative estimate of drug-likeness (QED) is 0.910. The Balaban J connectivity index is 2.06. The molecule has 0 fully saturated rings. The lowest BCUT2D eigenvalue weighted by Crippen LogP contribution is -2.15. The lowest BCUT2D eigenvalue weighted by Gasteiger charge is -2.12. The van der Waals surface area contributed by atoms with Crippen LogP contribution in [0.3, 0.4) is 0 Å². The van der Waals surface area contributed by atoms with Crippen LogP contribution in [0.4, 0.5) is 8.78 Å². The Bertz CT molecular complexity index is 632. The average molecular weight is 313 g/mol. The highest BCUT2D eigenvalue weighted by molar-refractivity contribution is 6.30. The van der Waals surface area contributed by atoms with E-state index >= 15 is 0 Å². The molecule has 0 spiro atoms. The second-order valence-corrected chi connectivity index (χ2v) is 5.15. The standard InChI is InChI=1S/C16H15ClF2O2/c1-21-15-6-5-10(8-14(15)18)7-12(20)9-11-3-2-4-13(17)16(11)19/h2-6,8,12,20H,7,9H2,1H3. The minimum absolute atomic E-state index is 0.0233. The highest BCUT2D eigenvalue weighted by atomic mass is 35.5. The molecule has 0 heterocycles. The zero-order valence-corrected chi connectivity index (χ0v) is 12.2. The van der Waals surface area contributed by atoms with E-state index in [0.717, 1.165) is 0 Å². The topological polar surface area (TPSA) is 29.5 Å². The molecule has 21 heavy (non-hydrogen) atoms. The van der Waals surface area contributed by atoms with E-state index in [0.29, 0.717) is 11.1 Å². The van der Waals surface area contributed by atoms with E-state index in [1.165, 1.54) is 25.3 Å². The van der Waals surface area contributed by atoms with E-state index in [1.807, 2.05) is 0 Å². The Morgan fingerprint density at radius 2 is 1.95 bits per heavy atom. The summed E-state index contributed by atoms with van der Waals surface area (Å²) in [5, 5.41) is 10.0.